The molecule has 2 aromatic rings. The normalized spacial score (nSPS) is 15.5. The lowest BCUT2D eigenvalue weighted by Gasteiger charge is -2.25. The Balaban J connectivity index is 1.79. The van der Waals surface area contributed by atoms with Gasteiger partial charge in [0.15, 0.2) is 5.69 Å². The van der Waals surface area contributed by atoms with Crippen LogP contribution in [0, 0.1) is 0 Å². The quantitative estimate of drug-likeness (QED) is 0.797. The van der Waals surface area contributed by atoms with Gasteiger partial charge in [-0.15, -0.1) is 5.10 Å². The third kappa shape index (κ3) is 2.48. The average molecular weight is 258 g/mol. The Kier molecular flexibility index (Phi) is 3.24. The molecule has 1 fully saturated rings. The van der Waals surface area contributed by atoms with Crippen LogP contribution in [0.5, 0.6) is 0 Å². The molecule has 6 nitrogen and oxygen atoms in total. The van der Waals surface area contributed by atoms with Crippen LogP contribution in [0.1, 0.15) is 10.5 Å². The van der Waals surface area contributed by atoms with Crippen LogP contribution in [-0.2, 0) is 4.74 Å². The van der Waals surface area contributed by atoms with Crippen LogP contribution in [0.4, 0.5) is 0 Å². The Morgan fingerprint density at radius 2 is 1.89 bits per heavy atom. The van der Waals surface area contributed by atoms with Gasteiger partial charge in [-0.2, -0.15) is 0 Å². The van der Waals surface area contributed by atoms with E-state index >= 15 is 0 Å². The summed E-state index contributed by atoms with van der Waals surface area (Å²) in [6.45, 7) is 2.38. The Bertz CT molecular complexity index is 561. The summed E-state index contributed by atoms with van der Waals surface area (Å²) in [7, 11) is 0. The van der Waals surface area contributed by atoms with E-state index < -0.39 is 0 Å². The number of para-hydroxylation sites is 1. The molecule has 0 atom stereocenters. The van der Waals surface area contributed by atoms with Gasteiger partial charge in [0, 0.05) is 13.1 Å². The fraction of sp³-hybridized carbons (Fsp3) is 0.308. The fourth-order valence-electron chi connectivity index (χ4n) is 2.00. The van der Waals surface area contributed by atoms with E-state index in [0.717, 1.165) is 5.69 Å². The van der Waals surface area contributed by atoms with Crippen LogP contribution in [-0.4, -0.2) is 52.1 Å². The topological polar surface area (TPSA) is 60.2 Å². The van der Waals surface area contributed by atoms with Crippen molar-refractivity contribution in [1.82, 2.24) is 19.9 Å². The Morgan fingerprint density at radius 3 is 2.63 bits per heavy atom. The minimum atomic E-state index is -0.0921. The number of hydrogen-bond donors (Lipinski definition) is 0. The number of amides is 1. The predicted octanol–water partition coefficient (Wildman–Crippen LogP) is 0.740. The maximum Gasteiger partial charge on any atom is 0.276 e. The molecule has 6 heteroatoms. The van der Waals surface area contributed by atoms with E-state index in [1.807, 2.05) is 30.3 Å². The zero-order valence-corrected chi connectivity index (χ0v) is 10.4. The molecule has 0 unspecified atom stereocenters. The van der Waals surface area contributed by atoms with Crippen molar-refractivity contribution in [3.63, 3.8) is 0 Å². The first-order chi connectivity index (χ1) is 9.34. The van der Waals surface area contributed by atoms with E-state index in [2.05, 4.69) is 10.3 Å². The summed E-state index contributed by atoms with van der Waals surface area (Å²) in [5.41, 5.74) is 1.25. The van der Waals surface area contributed by atoms with Gasteiger partial charge in [-0.1, -0.05) is 23.4 Å². The molecule has 0 spiro atoms. The highest BCUT2D eigenvalue weighted by atomic mass is 16.5. The van der Waals surface area contributed by atoms with Gasteiger partial charge in [0.2, 0.25) is 0 Å². The monoisotopic (exact) mass is 258 g/mol. The summed E-state index contributed by atoms with van der Waals surface area (Å²) in [5.74, 6) is -0.0921. The molecule has 1 aliphatic rings. The number of carbonyl (C=O) groups is 1. The number of benzene rings is 1. The maximum atomic E-state index is 12.2. The number of hydrogen-bond acceptors (Lipinski definition) is 4. The summed E-state index contributed by atoms with van der Waals surface area (Å²) >= 11 is 0. The lowest BCUT2D eigenvalue weighted by Crippen LogP contribution is -2.40. The molecule has 0 aliphatic carbocycles. The molecular formula is C13H14N4O2. The lowest BCUT2D eigenvalue weighted by molar-refractivity contribution is 0.0299. The summed E-state index contributed by atoms with van der Waals surface area (Å²) in [4.78, 5) is 13.9. The van der Waals surface area contributed by atoms with Gasteiger partial charge in [-0.05, 0) is 12.1 Å². The number of aromatic nitrogens is 3. The zero-order valence-electron chi connectivity index (χ0n) is 10.4. The van der Waals surface area contributed by atoms with Crippen LogP contribution in [0.15, 0.2) is 36.5 Å². The molecule has 98 valence electrons. The highest BCUT2D eigenvalue weighted by Crippen LogP contribution is 2.08. The van der Waals surface area contributed by atoms with E-state index in [4.69, 9.17) is 4.74 Å². The van der Waals surface area contributed by atoms with E-state index in [-0.39, 0.29) is 5.91 Å². The Hall–Kier alpha value is -2.21. The van der Waals surface area contributed by atoms with Crippen molar-refractivity contribution >= 4 is 5.91 Å². The highest BCUT2D eigenvalue weighted by Gasteiger charge is 2.21. The van der Waals surface area contributed by atoms with E-state index in [9.17, 15) is 4.79 Å². The smallest absolute Gasteiger partial charge is 0.276 e. The first kappa shape index (κ1) is 11.9. The van der Waals surface area contributed by atoms with Gasteiger partial charge in [0.1, 0.15) is 0 Å². The fourth-order valence-corrected chi connectivity index (χ4v) is 2.00. The van der Waals surface area contributed by atoms with Crippen LogP contribution in [0.3, 0.4) is 0 Å². The molecule has 1 saturated heterocycles. The van der Waals surface area contributed by atoms with E-state index in [0.29, 0.717) is 32.0 Å². The van der Waals surface area contributed by atoms with Gasteiger partial charge in [-0.25, -0.2) is 4.68 Å². The van der Waals surface area contributed by atoms with Crippen molar-refractivity contribution in [3.8, 4) is 5.69 Å². The summed E-state index contributed by atoms with van der Waals surface area (Å²) in [5, 5.41) is 7.94. The lowest BCUT2D eigenvalue weighted by atomic mass is 10.3. The molecule has 1 amide bonds. The molecule has 0 bridgehead atoms. The molecule has 0 radical (unpaired) electrons. The van der Waals surface area contributed by atoms with Crippen molar-refractivity contribution < 1.29 is 9.53 Å². The minimum Gasteiger partial charge on any atom is -0.378 e. The molecule has 3 rings (SSSR count). The van der Waals surface area contributed by atoms with Gasteiger partial charge in [-0.3, -0.25) is 4.79 Å². The minimum absolute atomic E-state index is 0.0921. The Labute approximate surface area is 110 Å². The van der Waals surface area contributed by atoms with Crippen LogP contribution in [0.25, 0.3) is 5.69 Å². The van der Waals surface area contributed by atoms with Crippen LogP contribution >= 0.6 is 0 Å². The molecule has 1 aromatic carbocycles. The number of ether oxygens (including phenoxy) is 1. The number of carbonyl (C=O) groups excluding carboxylic acids is 1. The van der Waals surface area contributed by atoms with E-state index in [1.165, 1.54) is 0 Å². The summed E-state index contributed by atoms with van der Waals surface area (Å²) in [6.07, 6.45) is 1.66. The van der Waals surface area contributed by atoms with Crippen molar-refractivity contribution in [1.29, 1.82) is 0 Å². The van der Waals surface area contributed by atoms with Gasteiger partial charge in [0.05, 0.1) is 25.1 Å². The molecule has 2 heterocycles. The predicted molar refractivity (Wildman–Crippen MR) is 68.1 cm³/mol. The van der Waals surface area contributed by atoms with Crippen molar-refractivity contribution in [2.45, 2.75) is 0 Å². The van der Waals surface area contributed by atoms with Crippen LogP contribution < -0.4 is 0 Å². The highest BCUT2D eigenvalue weighted by molar-refractivity contribution is 5.92. The third-order valence-corrected chi connectivity index (χ3v) is 3.03. The largest absolute Gasteiger partial charge is 0.378 e. The van der Waals surface area contributed by atoms with Gasteiger partial charge in [0.25, 0.3) is 5.91 Å². The third-order valence-electron chi connectivity index (χ3n) is 3.03. The molecular weight excluding hydrogens is 244 g/mol. The second-order valence-electron chi connectivity index (χ2n) is 4.29. The molecule has 19 heavy (non-hydrogen) atoms. The molecule has 0 N–H and O–H groups in total. The molecule has 1 aromatic heterocycles. The van der Waals surface area contributed by atoms with Crippen molar-refractivity contribution in [2.24, 2.45) is 0 Å². The summed E-state index contributed by atoms with van der Waals surface area (Å²) in [6, 6.07) is 9.59. The SMILES string of the molecule is O=C(c1cn(-c2ccccc2)nn1)N1CCOCC1. The maximum absolute atomic E-state index is 12.2. The second kappa shape index (κ2) is 5.19. The van der Waals surface area contributed by atoms with Crippen LogP contribution in [0.2, 0.25) is 0 Å². The average Bonchev–Trinajstić information content (AvgIpc) is 2.98. The van der Waals surface area contributed by atoms with Gasteiger partial charge < -0.3 is 9.64 Å². The molecule has 1 aliphatic heterocycles. The van der Waals surface area contributed by atoms with Crippen molar-refractivity contribution in [3.05, 3.63) is 42.2 Å². The summed E-state index contributed by atoms with van der Waals surface area (Å²) < 4.78 is 6.83. The molecule has 0 saturated carbocycles. The number of morpholine rings is 1. The van der Waals surface area contributed by atoms with E-state index in [1.54, 1.807) is 15.8 Å². The number of rotatable bonds is 2. The van der Waals surface area contributed by atoms with Crippen molar-refractivity contribution in [2.75, 3.05) is 26.3 Å². The first-order valence-electron chi connectivity index (χ1n) is 6.19. The standard InChI is InChI=1S/C13H14N4O2/c18-13(16-6-8-19-9-7-16)12-10-17(15-14-12)11-4-2-1-3-5-11/h1-5,10H,6-9H2. The number of nitrogens with zero attached hydrogens (tertiary/aromatic N) is 4. The van der Waals surface area contributed by atoms with Gasteiger partial charge >= 0.3 is 0 Å². The zero-order chi connectivity index (χ0) is 13.1. The first-order valence-corrected chi connectivity index (χ1v) is 6.19. The Morgan fingerprint density at radius 1 is 1.16 bits per heavy atom. The second-order valence-corrected chi connectivity index (χ2v) is 4.29.